The lowest BCUT2D eigenvalue weighted by Crippen LogP contribution is -2.43. The Kier molecular flexibility index (Phi) is 3.33. The van der Waals surface area contributed by atoms with Crippen LogP contribution in [0.3, 0.4) is 0 Å². The molecule has 1 saturated carbocycles. The molecule has 1 saturated heterocycles. The van der Waals surface area contributed by atoms with Crippen molar-refractivity contribution in [3.63, 3.8) is 0 Å². The van der Waals surface area contributed by atoms with Crippen LogP contribution in [0.25, 0.3) is 0 Å². The highest BCUT2D eigenvalue weighted by Crippen LogP contribution is 2.46. The van der Waals surface area contributed by atoms with Gasteiger partial charge in [0.15, 0.2) is 5.79 Å². The first kappa shape index (κ1) is 13.0. The van der Waals surface area contributed by atoms with E-state index in [9.17, 15) is 4.39 Å². The molecule has 0 atom stereocenters. The van der Waals surface area contributed by atoms with E-state index in [1.807, 2.05) is 12.1 Å². The number of rotatable bonds is 2. The smallest absolute Gasteiger partial charge is 0.168 e. The number of hydrogen-bond donors (Lipinski definition) is 0. The van der Waals surface area contributed by atoms with E-state index >= 15 is 0 Å². The third-order valence-electron chi connectivity index (χ3n) is 4.39. The highest BCUT2D eigenvalue weighted by Gasteiger charge is 2.47. The first-order valence-electron chi connectivity index (χ1n) is 6.77. The van der Waals surface area contributed by atoms with Gasteiger partial charge in [0.25, 0.3) is 0 Å². The van der Waals surface area contributed by atoms with Crippen LogP contribution in [0.15, 0.2) is 24.3 Å². The van der Waals surface area contributed by atoms with E-state index in [0.717, 1.165) is 31.2 Å². The molecule has 0 amide bonds. The summed E-state index contributed by atoms with van der Waals surface area (Å²) < 4.78 is 30.3. The molecule has 1 heterocycles. The molecule has 0 bridgehead atoms. The Labute approximate surface area is 112 Å². The summed E-state index contributed by atoms with van der Waals surface area (Å²) in [5.41, 5.74) is 0.693. The molecule has 0 unspecified atom stereocenters. The Bertz CT molecular complexity index is 427. The Hall–Kier alpha value is -0.970. The van der Waals surface area contributed by atoms with Crippen molar-refractivity contribution in [3.05, 3.63) is 35.6 Å². The van der Waals surface area contributed by atoms with Gasteiger partial charge < -0.3 is 14.2 Å². The monoisotopic (exact) mass is 266 g/mol. The van der Waals surface area contributed by atoms with Gasteiger partial charge >= 0.3 is 0 Å². The summed E-state index contributed by atoms with van der Waals surface area (Å²) in [6, 6.07) is 6.60. The van der Waals surface area contributed by atoms with Gasteiger partial charge in [-0.15, -0.1) is 0 Å². The van der Waals surface area contributed by atoms with Crippen molar-refractivity contribution in [1.29, 1.82) is 0 Å². The fourth-order valence-electron chi connectivity index (χ4n) is 3.18. The van der Waals surface area contributed by atoms with Crippen molar-refractivity contribution >= 4 is 0 Å². The predicted molar refractivity (Wildman–Crippen MR) is 68.2 cm³/mol. The van der Waals surface area contributed by atoms with Crippen LogP contribution in [0.1, 0.15) is 31.2 Å². The third-order valence-corrected chi connectivity index (χ3v) is 4.39. The second kappa shape index (κ2) is 4.85. The maximum atomic E-state index is 13.0. The molecule has 1 spiro atoms. The van der Waals surface area contributed by atoms with E-state index in [1.165, 1.54) is 12.1 Å². The quantitative estimate of drug-likeness (QED) is 0.823. The van der Waals surface area contributed by atoms with Gasteiger partial charge in [0, 0.05) is 20.0 Å². The number of hydrogen-bond acceptors (Lipinski definition) is 3. The van der Waals surface area contributed by atoms with E-state index in [-0.39, 0.29) is 11.4 Å². The molecule has 19 heavy (non-hydrogen) atoms. The van der Waals surface area contributed by atoms with Gasteiger partial charge in [-0.3, -0.25) is 0 Å². The summed E-state index contributed by atoms with van der Waals surface area (Å²) in [5.74, 6) is -0.619. The molecule has 1 aromatic carbocycles. The van der Waals surface area contributed by atoms with Gasteiger partial charge in [-0.2, -0.15) is 0 Å². The van der Waals surface area contributed by atoms with Crippen molar-refractivity contribution in [3.8, 4) is 0 Å². The van der Waals surface area contributed by atoms with Crippen LogP contribution in [0, 0.1) is 5.82 Å². The summed E-state index contributed by atoms with van der Waals surface area (Å²) >= 11 is 0. The normalized spacial score (nSPS) is 24.7. The molecule has 3 rings (SSSR count). The lowest BCUT2D eigenvalue weighted by molar-refractivity contribution is -0.208. The van der Waals surface area contributed by atoms with Crippen LogP contribution >= 0.6 is 0 Å². The van der Waals surface area contributed by atoms with Crippen molar-refractivity contribution in [1.82, 2.24) is 0 Å². The summed E-state index contributed by atoms with van der Waals surface area (Å²) in [6.07, 6.45) is 3.29. The van der Waals surface area contributed by atoms with Crippen LogP contribution in [-0.2, 0) is 19.8 Å². The van der Waals surface area contributed by atoms with Gasteiger partial charge in [0.2, 0.25) is 0 Å². The second-order valence-corrected chi connectivity index (χ2v) is 5.31. The zero-order valence-corrected chi connectivity index (χ0v) is 11.2. The molecule has 1 aliphatic carbocycles. The lowest BCUT2D eigenvalue weighted by atomic mass is 9.77. The molecule has 2 fully saturated rings. The molecule has 0 N–H and O–H groups in total. The Morgan fingerprint density at radius 3 is 2.11 bits per heavy atom. The van der Waals surface area contributed by atoms with Crippen molar-refractivity contribution < 1.29 is 18.6 Å². The molecule has 4 heteroatoms. The Morgan fingerprint density at radius 1 is 1.00 bits per heavy atom. The summed E-state index contributed by atoms with van der Waals surface area (Å²) in [7, 11) is 1.72. The first-order valence-corrected chi connectivity index (χ1v) is 6.77. The SMILES string of the molecule is COC1(c2ccc(F)cc2)CCC2(CC1)OCCO2. The summed E-state index contributed by atoms with van der Waals surface area (Å²) in [5, 5.41) is 0. The van der Waals surface area contributed by atoms with Gasteiger partial charge in [0.1, 0.15) is 5.82 Å². The highest BCUT2D eigenvalue weighted by molar-refractivity contribution is 5.24. The largest absolute Gasteiger partial charge is 0.374 e. The molecule has 0 radical (unpaired) electrons. The molecule has 3 nitrogen and oxygen atoms in total. The predicted octanol–water partition coefficient (Wildman–Crippen LogP) is 2.98. The molecular weight excluding hydrogens is 247 g/mol. The van der Waals surface area contributed by atoms with Crippen LogP contribution in [0.2, 0.25) is 0 Å². The van der Waals surface area contributed by atoms with Gasteiger partial charge in [-0.25, -0.2) is 4.39 Å². The van der Waals surface area contributed by atoms with Gasteiger partial charge in [0.05, 0.1) is 18.8 Å². The zero-order chi connectivity index (χ0) is 13.3. The van der Waals surface area contributed by atoms with Crippen LogP contribution in [-0.4, -0.2) is 26.1 Å². The molecule has 2 aliphatic rings. The van der Waals surface area contributed by atoms with Crippen LogP contribution < -0.4 is 0 Å². The van der Waals surface area contributed by atoms with Gasteiger partial charge in [-0.05, 0) is 30.5 Å². The van der Waals surface area contributed by atoms with E-state index in [2.05, 4.69) is 0 Å². The first-order chi connectivity index (χ1) is 9.18. The van der Waals surface area contributed by atoms with Crippen molar-refractivity contribution in [2.24, 2.45) is 0 Å². The van der Waals surface area contributed by atoms with E-state index in [1.54, 1.807) is 7.11 Å². The number of benzene rings is 1. The number of ether oxygens (including phenoxy) is 3. The maximum absolute atomic E-state index is 13.0. The second-order valence-electron chi connectivity index (χ2n) is 5.31. The van der Waals surface area contributed by atoms with Gasteiger partial charge in [-0.1, -0.05) is 12.1 Å². The van der Waals surface area contributed by atoms with Crippen molar-refractivity contribution in [2.45, 2.75) is 37.1 Å². The fourth-order valence-corrected chi connectivity index (χ4v) is 3.18. The van der Waals surface area contributed by atoms with E-state index < -0.39 is 5.79 Å². The molecule has 0 aromatic heterocycles. The summed E-state index contributed by atoms with van der Waals surface area (Å²) in [6.45, 7) is 1.35. The third kappa shape index (κ3) is 2.29. The van der Waals surface area contributed by atoms with E-state index in [0.29, 0.717) is 13.2 Å². The molecular formula is C15H19FO3. The average Bonchev–Trinajstić information content (AvgIpc) is 2.90. The fraction of sp³-hybridized carbons (Fsp3) is 0.600. The van der Waals surface area contributed by atoms with Crippen LogP contribution in [0.4, 0.5) is 4.39 Å². The summed E-state index contributed by atoms with van der Waals surface area (Å²) in [4.78, 5) is 0. The topological polar surface area (TPSA) is 27.7 Å². The standard InChI is InChI=1S/C15H19FO3/c1-17-14(12-2-4-13(16)5-3-12)6-8-15(9-7-14)18-10-11-19-15/h2-5H,6-11H2,1H3. The Morgan fingerprint density at radius 2 is 1.58 bits per heavy atom. The molecule has 104 valence electrons. The minimum atomic E-state index is -0.401. The highest BCUT2D eigenvalue weighted by atomic mass is 19.1. The number of methoxy groups -OCH3 is 1. The molecule has 1 aliphatic heterocycles. The van der Waals surface area contributed by atoms with E-state index in [4.69, 9.17) is 14.2 Å². The number of halogens is 1. The minimum Gasteiger partial charge on any atom is -0.374 e. The van der Waals surface area contributed by atoms with Crippen LogP contribution in [0.5, 0.6) is 0 Å². The lowest BCUT2D eigenvalue weighted by Gasteiger charge is -2.43. The zero-order valence-electron chi connectivity index (χ0n) is 11.2. The maximum Gasteiger partial charge on any atom is 0.168 e. The average molecular weight is 266 g/mol. The van der Waals surface area contributed by atoms with Crippen molar-refractivity contribution in [2.75, 3.05) is 20.3 Å². The Balaban J connectivity index is 1.80. The molecule has 1 aromatic rings. The minimum absolute atomic E-state index is 0.218.